The van der Waals surface area contributed by atoms with Crippen LogP contribution in [0, 0.1) is 0 Å². The van der Waals surface area contributed by atoms with Gasteiger partial charge in [0.25, 0.3) is 0 Å². The van der Waals surface area contributed by atoms with E-state index in [9.17, 15) is 18.3 Å². The molecule has 21 heavy (non-hydrogen) atoms. The summed E-state index contributed by atoms with van der Waals surface area (Å²) in [6.45, 7) is 3.70. The van der Waals surface area contributed by atoms with Gasteiger partial charge in [0.15, 0.2) is 0 Å². The van der Waals surface area contributed by atoms with Crippen molar-refractivity contribution in [2.24, 2.45) is 0 Å². The standard InChI is InChI=1S/C14H19NO5S/c1-3-10-5-6-11(7-12(10)13(16)17)21(19,20)15-8-14(18,4-2)9-15/h5-7,18H,3-4,8-9H2,1-2H3,(H,16,17). The predicted octanol–water partition coefficient (Wildman–Crippen LogP) is 1.09. The molecule has 1 aliphatic rings. The molecule has 1 aliphatic heterocycles. The van der Waals surface area contributed by atoms with Gasteiger partial charge in [-0.15, -0.1) is 0 Å². The topological polar surface area (TPSA) is 94.9 Å². The maximum Gasteiger partial charge on any atom is 0.336 e. The highest BCUT2D eigenvalue weighted by atomic mass is 32.2. The monoisotopic (exact) mass is 313 g/mol. The van der Waals surface area contributed by atoms with Gasteiger partial charge in [0.05, 0.1) is 16.1 Å². The molecule has 0 atom stereocenters. The lowest BCUT2D eigenvalue weighted by atomic mass is 9.94. The highest BCUT2D eigenvalue weighted by Crippen LogP contribution is 2.30. The average Bonchev–Trinajstić information content (AvgIpc) is 2.42. The van der Waals surface area contributed by atoms with Crippen molar-refractivity contribution in [2.45, 2.75) is 37.2 Å². The Balaban J connectivity index is 2.34. The molecule has 116 valence electrons. The van der Waals surface area contributed by atoms with Gasteiger partial charge in [-0.25, -0.2) is 13.2 Å². The number of aliphatic hydroxyl groups is 1. The Labute approximate surface area is 124 Å². The molecular formula is C14H19NO5S. The first-order valence-electron chi connectivity index (χ1n) is 6.82. The van der Waals surface area contributed by atoms with Gasteiger partial charge >= 0.3 is 5.97 Å². The van der Waals surface area contributed by atoms with E-state index in [2.05, 4.69) is 0 Å². The second kappa shape index (κ2) is 5.40. The SMILES string of the molecule is CCc1ccc(S(=O)(=O)N2CC(O)(CC)C2)cc1C(=O)O. The van der Waals surface area contributed by atoms with Crippen molar-refractivity contribution in [3.8, 4) is 0 Å². The van der Waals surface area contributed by atoms with E-state index in [0.29, 0.717) is 18.4 Å². The zero-order valence-corrected chi connectivity index (χ0v) is 12.9. The van der Waals surface area contributed by atoms with Crippen LogP contribution in [0.1, 0.15) is 36.2 Å². The van der Waals surface area contributed by atoms with Gasteiger partial charge in [-0.3, -0.25) is 0 Å². The molecule has 0 bridgehead atoms. The van der Waals surface area contributed by atoms with Crippen LogP contribution < -0.4 is 0 Å². The predicted molar refractivity (Wildman–Crippen MR) is 76.8 cm³/mol. The molecule has 0 aromatic heterocycles. The van der Waals surface area contributed by atoms with Crippen molar-refractivity contribution in [3.63, 3.8) is 0 Å². The first-order chi connectivity index (χ1) is 9.73. The summed E-state index contributed by atoms with van der Waals surface area (Å²) in [4.78, 5) is 11.2. The second-order valence-corrected chi connectivity index (χ2v) is 7.27. The quantitative estimate of drug-likeness (QED) is 0.848. The van der Waals surface area contributed by atoms with Crippen LogP contribution in [0.3, 0.4) is 0 Å². The number of nitrogens with zero attached hydrogens (tertiary/aromatic N) is 1. The van der Waals surface area contributed by atoms with E-state index in [4.69, 9.17) is 5.11 Å². The minimum Gasteiger partial charge on any atom is -0.478 e. The number of β-amino-alcohol motifs (C(OH)–C–C–N with tert-alkyl or cyclic N) is 1. The Hall–Kier alpha value is -1.44. The number of rotatable bonds is 5. The fourth-order valence-electron chi connectivity index (χ4n) is 2.38. The van der Waals surface area contributed by atoms with Gasteiger partial charge in [-0.05, 0) is 30.5 Å². The molecule has 1 aromatic rings. The summed E-state index contributed by atoms with van der Waals surface area (Å²) >= 11 is 0. The molecule has 2 N–H and O–H groups in total. The van der Waals surface area contributed by atoms with E-state index in [0.717, 1.165) is 0 Å². The maximum atomic E-state index is 12.4. The van der Waals surface area contributed by atoms with Crippen molar-refractivity contribution in [3.05, 3.63) is 29.3 Å². The third-order valence-electron chi connectivity index (χ3n) is 3.93. The summed E-state index contributed by atoms with van der Waals surface area (Å²) in [7, 11) is -3.75. The molecule has 0 unspecified atom stereocenters. The zero-order valence-electron chi connectivity index (χ0n) is 12.0. The van der Waals surface area contributed by atoms with E-state index in [1.165, 1.54) is 22.5 Å². The van der Waals surface area contributed by atoms with Crippen LogP contribution in [0.5, 0.6) is 0 Å². The minimum atomic E-state index is -3.75. The third kappa shape index (κ3) is 2.81. The summed E-state index contributed by atoms with van der Waals surface area (Å²) in [5, 5.41) is 19.1. The number of sulfonamides is 1. The van der Waals surface area contributed by atoms with Crippen LogP contribution in [0.4, 0.5) is 0 Å². The minimum absolute atomic E-state index is 0.00449. The van der Waals surface area contributed by atoms with Gasteiger partial charge in [0.1, 0.15) is 0 Å². The number of hydrogen-bond donors (Lipinski definition) is 2. The van der Waals surface area contributed by atoms with E-state index >= 15 is 0 Å². The van der Waals surface area contributed by atoms with Crippen LogP contribution in [0.25, 0.3) is 0 Å². The molecule has 0 aliphatic carbocycles. The molecule has 2 rings (SSSR count). The number of aromatic carboxylic acids is 1. The zero-order chi connectivity index (χ0) is 15.8. The van der Waals surface area contributed by atoms with E-state index in [1.807, 2.05) is 6.92 Å². The van der Waals surface area contributed by atoms with Crippen LogP contribution >= 0.6 is 0 Å². The highest BCUT2D eigenvalue weighted by molar-refractivity contribution is 7.89. The Kier molecular flexibility index (Phi) is 4.10. The van der Waals surface area contributed by atoms with Gasteiger partial charge in [0.2, 0.25) is 10.0 Å². The lowest BCUT2D eigenvalue weighted by Crippen LogP contribution is -2.62. The molecule has 1 heterocycles. The first kappa shape index (κ1) is 15.9. The van der Waals surface area contributed by atoms with Crippen molar-refractivity contribution < 1.29 is 23.4 Å². The van der Waals surface area contributed by atoms with Crippen LogP contribution in [-0.4, -0.2) is 47.6 Å². The third-order valence-corrected chi connectivity index (χ3v) is 5.72. The molecule has 7 heteroatoms. The van der Waals surface area contributed by atoms with Gasteiger partial charge in [-0.2, -0.15) is 4.31 Å². The molecule has 6 nitrogen and oxygen atoms in total. The van der Waals surface area contributed by atoms with Crippen LogP contribution in [0.15, 0.2) is 23.1 Å². The van der Waals surface area contributed by atoms with Gasteiger partial charge < -0.3 is 10.2 Å². The lowest BCUT2D eigenvalue weighted by Gasteiger charge is -2.44. The van der Waals surface area contributed by atoms with Crippen LogP contribution in [-0.2, 0) is 16.4 Å². The number of aryl methyl sites for hydroxylation is 1. The van der Waals surface area contributed by atoms with E-state index in [-0.39, 0.29) is 23.5 Å². The Morgan fingerprint density at radius 3 is 2.43 bits per heavy atom. The Morgan fingerprint density at radius 2 is 1.95 bits per heavy atom. The highest BCUT2D eigenvalue weighted by Gasteiger charge is 2.46. The number of carbonyl (C=O) groups is 1. The van der Waals surface area contributed by atoms with Crippen molar-refractivity contribution in [1.29, 1.82) is 0 Å². The van der Waals surface area contributed by atoms with Crippen LogP contribution in [0.2, 0.25) is 0 Å². The van der Waals surface area contributed by atoms with Gasteiger partial charge in [-0.1, -0.05) is 19.9 Å². The summed E-state index contributed by atoms with van der Waals surface area (Å²) in [5.41, 5.74) is -0.369. The lowest BCUT2D eigenvalue weighted by molar-refractivity contribution is -0.0613. The largest absolute Gasteiger partial charge is 0.478 e. The number of benzene rings is 1. The molecule has 0 radical (unpaired) electrons. The van der Waals surface area contributed by atoms with Crippen molar-refractivity contribution in [1.82, 2.24) is 4.31 Å². The Bertz CT molecular complexity index is 662. The van der Waals surface area contributed by atoms with Gasteiger partial charge in [0, 0.05) is 13.1 Å². The number of carboxylic acids is 1. The number of hydrogen-bond acceptors (Lipinski definition) is 4. The molecule has 0 saturated carbocycles. The molecule has 0 spiro atoms. The molecule has 1 saturated heterocycles. The van der Waals surface area contributed by atoms with E-state index < -0.39 is 21.6 Å². The van der Waals surface area contributed by atoms with E-state index in [1.54, 1.807) is 6.92 Å². The summed E-state index contributed by atoms with van der Waals surface area (Å²) in [6, 6.07) is 4.14. The Morgan fingerprint density at radius 1 is 1.33 bits per heavy atom. The fraction of sp³-hybridized carbons (Fsp3) is 0.500. The number of carboxylic acid groups (broad SMARTS) is 1. The maximum absolute atomic E-state index is 12.4. The normalized spacial score (nSPS) is 18.2. The molecular weight excluding hydrogens is 294 g/mol. The molecule has 1 aromatic carbocycles. The summed E-state index contributed by atoms with van der Waals surface area (Å²) in [6.07, 6.45) is 0.995. The summed E-state index contributed by atoms with van der Waals surface area (Å²) < 4.78 is 26.0. The molecule has 1 fully saturated rings. The fourth-order valence-corrected chi connectivity index (χ4v) is 4.00. The summed E-state index contributed by atoms with van der Waals surface area (Å²) in [5.74, 6) is -1.14. The van der Waals surface area contributed by atoms with Crippen molar-refractivity contribution in [2.75, 3.05) is 13.1 Å². The smallest absolute Gasteiger partial charge is 0.336 e. The second-order valence-electron chi connectivity index (χ2n) is 5.33. The van der Waals surface area contributed by atoms with Crippen molar-refractivity contribution >= 4 is 16.0 Å². The molecule has 0 amide bonds. The first-order valence-corrected chi connectivity index (χ1v) is 8.26. The average molecular weight is 313 g/mol.